The van der Waals surface area contributed by atoms with Gasteiger partial charge in [0, 0.05) is 6.42 Å². The van der Waals surface area contributed by atoms with Crippen LogP contribution in [0.5, 0.6) is 0 Å². The number of phosphoric acid groups is 1. The summed E-state index contributed by atoms with van der Waals surface area (Å²) in [5.74, 6) is -0.283. The Bertz CT molecular complexity index is 1700. The van der Waals surface area contributed by atoms with Gasteiger partial charge in [-0.15, -0.1) is 0 Å². The standard InChI is InChI=1S/C65H111N2O7P/c1-6-8-10-12-14-16-18-20-21-22-23-24-25-26-27-28-29-30-31-32-33-34-35-36-37-38-39-40-41-42-43-44-45-46-48-50-52-54-56-58-64(69)66-62(61-74-75(71,72)73-60-59-67(3,4)5)65(70)63(68)57-55-53-51-49-47-19-17-15-13-11-9-7-2/h8,10,14,16,20-21,23-24,26-27,29-30,32-33,35-36,38-39,41-42,49,51,62-63,65,68,70H,6-7,9,11-13,15,17-19,22,25,28,31,34,37,40,43-48,50,52-61H2,1-5H3,(H-,66,69,71,72)/p+1/b10-8-,16-14-,21-20-,24-23-,27-26-,30-29-,33-32-,36-35-,39-38-,42-41-,51-49+. The molecule has 75 heavy (non-hydrogen) atoms. The molecule has 0 aliphatic heterocycles. The van der Waals surface area contributed by atoms with Crippen molar-refractivity contribution in [2.24, 2.45) is 0 Å². The van der Waals surface area contributed by atoms with Gasteiger partial charge in [-0.25, -0.2) is 4.57 Å². The average molecular weight is 1060 g/mol. The second-order valence-corrected chi connectivity index (χ2v) is 22.2. The van der Waals surface area contributed by atoms with Crippen LogP contribution in [-0.4, -0.2) is 84.6 Å². The minimum atomic E-state index is -4.44. The molecule has 0 aromatic rings. The maximum atomic E-state index is 13.0. The van der Waals surface area contributed by atoms with E-state index in [1.807, 2.05) is 21.1 Å². The zero-order valence-electron chi connectivity index (χ0n) is 48.3. The predicted molar refractivity (Wildman–Crippen MR) is 324 cm³/mol. The van der Waals surface area contributed by atoms with Crippen molar-refractivity contribution in [3.8, 4) is 0 Å². The minimum Gasteiger partial charge on any atom is -0.390 e. The Balaban J connectivity index is 4.20. The number of unbranched alkanes of at least 4 members (excludes halogenated alkanes) is 16. The number of nitrogens with one attached hydrogen (secondary N) is 1. The monoisotopic (exact) mass is 1060 g/mol. The summed E-state index contributed by atoms with van der Waals surface area (Å²) in [6, 6.07) is -1.06. The number of rotatable bonds is 52. The number of nitrogens with zero attached hydrogens (tertiary/aromatic N) is 1. The van der Waals surface area contributed by atoms with Gasteiger partial charge in [0.15, 0.2) is 0 Å². The number of carbonyl (C=O) groups excluding carboxylic acids is 1. The first kappa shape index (κ1) is 71.6. The fourth-order valence-electron chi connectivity index (χ4n) is 7.82. The van der Waals surface area contributed by atoms with Crippen LogP contribution in [-0.2, 0) is 18.4 Å². The number of amides is 1. The number of allylic oxidation sites excluding steroid dienone is 22. The van der Waals surface area contributed by atoms with E-state index in [1.54, 1.807) is 0 Å². The number of aliphatic hydroxyl groups excluding tert-OH is 2. The molecule has 0 spiro atoms. The number of quaternary nitrogens is 1. The third-order valence-corrected chi connectivity index (χ3v) is 13.5. The highest BCUT2D eigenvalue weighted by atomic mass is 31.2. The Morgan fingerprint density at radius 1 is 0.480 bits per heavy atom. The molecule has 10 heteroatoms. The highest BCUT2D eigenvalue weighted by Crippen LogP contribution is 2.43. The molecule has 428 valence electrons. The van der Waals surface area contributed by atoms with Gasteiger partial charge in [0.05, 0.1) is 39.9 Å². The molecule has 0 saturated heterocycles. The van der Waals surface area contributed by atoms with Crippen molar-refractivity contribution in [3.63, 3.8) is 0 Å². The summed E-state index contributed by atoms with van der Waals surface area (Å²) in [7, 11) is 1.39. The zero-order valence-corrected chi connectivity index (χ0v) is 49.2. The zero-order chi connectivity index (χ0) is 55.0. The molecule has 4 unspecified atom stereocenters. The summed E-state index contributed by atoms with van der Waals surface area (Å²) in [6.07, 6.45) is 78.3. The third-order valence-electron chi connectivity index (χ3n) is 12.5. The summed E-state index contributed by atoms with van der Waals surface area (Å²) < 4.78 is 23.6. The fraction of sp³-hybridized carbons (Fsp3) is 0.646. The van der Waals surface area contributed by atoms with Gasteiger partial charge in [-0.1, -0.05) is 225 Å². The maximum Gasteiger partial charge on any atom is 0.472 e. The van der Waals surface area contributed by atoms with Gasteiger partial charge in [-0.3, -0.25) is 13.8 Å². The molecule has 0 heterocycles. The van der Waals surface area contributed by atoms with Crippen LogP contribution >= 0.6 is 7.82 Å². The van der Waals surface area contributed by atoms with Crippen LogP contribution in [0.3, 0.4) is 0 Å². The summed E-state index contributed by atoms with van der Waals surface area (Å²) in [4.78, 5) is 23.3. The molecule has 0 aromatic heterocycles. The van der Waals surface area contributed by atoms with Crippen molar-refractivity contribution in [1.82, 2.24) is 5.32 Å². The van der Waals surface area contributed by atoms with E-state index in [-0.39, 0.29) is 18.9 Å². The molecule has 4 atom stereocenters. The molecule has 4 N–H and O–H groups in total. The lowest BCUT2D eigenvalue weighted by Crippen LogP contribution is -2.51. The van der Waals surface area contributed by atoms with E-state index in [9.17, 15) is 24.5 Å². The van der Waals surface area contributed by atoms with Gasteiger partial charge >= 0.3 is 7.82 Å². The van der Waals surface area contributed by atoms with Crippen molar-refractivity contribution in [1.29, 1.82) is 0 Å². The van der Waals surface area contributed by atoms with Crippen molar-refractivity contribution in [2.75, 3.05) is 40.9 Å². The molecule has 0 bridgehead atoms. The first-order valence-electron chi connectivity index (χ1n) is 29.6. The van der Waals surface area contributed by atoms with E-state index in [4.69, 9.17) is 9.05 Å². The summed E-state index contributed by atoms with van der Waals surface area (Å²) in [5.41, 5.74) is 0. The number of phosphoric ester groups is 1. The van der Waals surface area contributed by atoms with Crippen molar-refractivity contribution in [3.05, 3.63) is 134 Å². The molecular formula is C65H112N2O7P+. The summed E-state index contributed by atoms with van der Waals surface area (Å²) in [5, 5.41) is 24.8. The number of aliphatic hydroxyl groups is 2. The molecule has 0 aliphatic rings. The van der Waals surface area contributed by atoms with Crippen LogP contribution in [0.15, 0.2) is 134 Å². The lowest BCUT2D eigenvalue weighted by Gasteiger charge is -2.28. The van der Waals surface area contributed by atoms with Gasteiger partial charge in [0.2, 0.25) is 5.91 Å². The Kier molecular flexibility index (Phi) is 51.5. The van der Waals surface area contributed by atoms with Crippen LogP contribution in [0.1, 0.15) is 213 Å². The summed E-state index contributed by atoms with van der Waals surface area (Å²) in [6.45, 7) is 4.44. The Labute approximate surface area is 460 Å². The van der Waals surface area contributed by atoms with Crippen molar-refractivity contribution >= 4 is 13.7 Å². The maximum absolute atomic E-state index is 13.0. The smallest absolute Gasteiger partial charge is 0.390 e. The van der Waals surface area contributed by atoms with Crippen molar-refractivity contribution < 1.29 is 38.0 Å². The Hall–Kier alpha value is -3.40. The van der Waals surface area contributed by atoms with E-state index in [0.29, 0.717) is 30.3 Å². The van der Waals surface area contributed by atoms with Crippen molar-refractivity contribution in [2.45, 2.75) is 231 Å². The quantitative estimate of drug-likeness (QED) is 0.0207. The van der Waals surface area contributed by atoms with Gasteiger partial charge in [-0.05, 0) is 116 Å². The van der Waals surface area contributed by atoms with Gasteiger partial charge in [0.25, 0.3) is 0 Å². The van der Waals surface area contributed by atoms with Crippen LogP contribution in [0.2, 0.25) is 0 Å². The molecule has 0 aromatic carbocycles. The first-order valence-corrected chi connectivity index (χ1v) is 31.1. The molecule has 0 aliphatic carbocycles. The lowest BCUT2D eigenvalue weighted by molar-refractivity contribution is -0.870. The normalized spacial score (nSPS) is 15.3. The number of carbonyl (C=O) groups is 1. The molecule has 0 rings (SSSR count). The molecule has 0 radical (unpaired) electrons. The first-order chi connectivity index (χ1) is 36.4. The number of hydrogen-bond donors (Lipinski definition) is 4. The average Bonchev–Trinajstić information content (AvgIpc) is 3.37. The lowest BCUT2D eigenvalue weighted by atomic mass is 10.0. The molecule has 0 fully saturated rings. The van der Waals surface area contributed by atoms with Gasteiger partial charge in [0.1, 0.15) is 19.3 Å². The van der Waals surface area contributed by atoms with E-state index < -0.39 is 32.7 Å². The van der Waals surface area contributed by atoms with Gasteiger partial charge < -0.3 is 24.9 Å². The molecule has 9 nitrogen and oxygen atoms in total. The second-order valence-electron chi connectivity index (χ2n) is 20.8. The predicted octanol–water partition coefficient (Wildman–Crippen LogP) is 17.3. The molecule has 0 saturated carbocycles. The summed E-state index contributed by atoms with van der Waals surface area (Å²) >= 11 is 0. The van der Waals surface area contributed by atoms with Crippen LogP contribution in [0.25, 0.3) is 0 Å². The van der Waals surface area contributed by atoms with E-state index >= 15 is 0 Å². The van der Waals surface area contributed by atoms with Gasteiger partial charge in [-0.2, -0.15) is 0 Å². The number of hydrogen-bond acceptors (Lipinski definition) is 6. The van der Waals surface area contributed by atoms with Crippen LogP contribution in [0, 0.1) is 0 Å². The van der Waals surface area contributed by atoms with E-state index in [0.717, 1.165) is 103 Å². The second kappa shape index (κ2) is 54.0. The molecule has 1 amide bonds. The van der Waals surface area contributed by atoms with Crippen LogP contribution < -0.4 is 5.32 Å². The molecular weight excluding hydrogens is 952 g/mol. The Morgan fingerprint density at radius 3 is 1.23 bits per heavy atom. The largest absolute Gasteiger partial charge is 0.472 e. The highest BCUT2D eigenvalue weighted by molar-refractivity contribution is 7.47. The SMILES string of the molecule is CC/C=C\C/C=C\C/C=C\C/C=C\C/C=C\C/C=C\C/C=C\C/C=C\C/C=C\C/C=C\CCCCCCCCCCC(=O)NC(COP(=O)(O)OCC[N+](C)(C)C)C(O)C(O)CCC/C=C/CCCCCCCCC. The van der Waals surface area contributed by atoms with Crippen LogP contribution in [0.4, 0.5) is 0 Å². The fourth-order valence-corrected chi connectivity index (χ4v) is 8.55. The van der Waals surface area contributed by atoms with E-state index in [1.165, 1.54) is 70.6 Å². The Morgan fingerprint density at radius 2 is 0.827 bits per heavy atom. The van der Waals surface area contributed by atoms with E-state index in [2.05, 4.69) is 153 Å². The minimum absolute atomic E-state index is 0.00804. The highest BCUT2D eigenvalue weighted by Gasteiger charge is 2.31. The topological polar surface area (TPSA) is 125 Å². The number of likely N-dealkylation sites (N-methyl/N-ethyl adjacent to an activating group) is 1. The third kappa shape index (κ3) is 55.2.